The second-order valence-corrected chi connectivity index (χ2v) is 8.99. The summed E-state index contributed by atoms with van der Waals surface area (Å²) < 4.78 is 11.4. The highest BCUT2D eigenvalue weighted by molar-refractivity contribution is 5.99. The number of nitrogens with one attached hydrogen (secondary N) is 2. The Bertz CT molecular complexity index is 1260. The topological polar surface area (TPSA) is 83.7 Å². The van der Waals surface area contributed by atoms with E-state index in [1.54, 1.807) is 31.4 Å². The van der Waals surface area contributed by atoms with Crippen molar-refractivity contribution in [3.05, 3.63) is 72.4 Å². The molecule has 0 aliphatic carbocycles. The Morgan fingerprint density at radius 1 is 1.24 bits per heavy atom. The van der Waals surface area contributed by atoms with E-state index in [1.165, 1.54) is 10.9 Å². The van der Waals surface area contributed by atoms with Crippen LogP contribution in [0.1, 0.15) is 5.56 Å². The van der Waals surface area contributed by atoms with Crippen molar-refractivity contribution >= 4 is 28.4 Å². The number of hydrogen-bond donors (Lipinski definition) is 2. The molecular weight excluding hydrogens is 418 g/mol. The van der Waals surface area contributed by atoms with Crippen LogP contribution in [0.15, 0.2) is 66.9 Å². The third-order valence-electron chi connectivity index (χ3n) is 7.17. The van der Waals surface area contributed by atoms with E-state index in [9.17, 15) is 9.59 Å². The summed E-state index contributed by atoms with van der Waals surface area (Å²) in [6, 6.07) is 15.3. The van der Waals surface area contributed by atoms with Crippen molar-refractivity contribution in [1.29, 1.82) is 0 Å². The first-order valence-electron chi connectivity index (χ1n) is 11.2. The van der Waals surface area contributed by atoms with E-state index in [0.717, 1.165) is 17.7 Å². The lowest BCUT2D eigenvalue weighted by Crippen LogP contribution is -2.41. The van der Waals surface area contributed by atoms with Gasteiger partial charge < -0.3 is 24.7 Å². The summed E-state index contributed by atoms with van der Waals surface area (Å²) in [6.45, 7) is 1.08. The van der Waals surface area contributed by atoms with Crippen LogP contribution < -0.4 is 10.1 Å². The molecule has 7 heteroatoms. The minimum atomic E-state index is -0.704. The molecule has 4 atom stereocenters. The Morgan fingerprint density at radius 3 is 2.88 bits per heavy atom. The summed E-state index contributed by atoms with van der Waals surface area (Å²) in [6.07, 6.45) is 6.31. The van der Waals surface area contributed by atoms with Gasteiger partial charge in [-0.25, -0.2) is 0 Å². The summed E-state index contributed by atoms with van der Waals surface area (Å²) in [5, 5.41) is 4.13. The van der Waals surface area contributed by atoms with Crippen LogP contribution in [0, 0.1) is 11.8 Å². The third-order valence-corrected chi connectivity index (χ3v) is 7.17. The number of aromatic nitrogens is 1. The molecule has 0 saturated carbocycles. The van der Waals surface area contributed by atoms with Crippen molar-refractivity contribution in [2.45, 2.75) is 18.1 Å². The Morgan fingerprint density at radius 2 is 2.06 bits per heavy atom. The second-order valence-electron chi connectivity index (χ2n) is 8.99. The van der Waals surface area contributed by atoms with Gasteiger partial charge in [-0.05, 0) is 42.3 Å². The van der Waals surface area contributed by atoms with Crippen LogP contribution in [0.2, 0.25) is 0 Å². The number of hydrogen-bond acceptors (Lipinski definition) is 4. The number of H-pyrrole nitrogens is 1. The Balaban J connectivity index is 1.18. The lowest BCUT2D eigenvalue weighted by Gasteiger charge is -2.23. The fourth-order valence-corrected chi connectivity index (χ4v) is 5.56. The van der Waals surface area contributed by atoms with Crippen LogP contribution in [-0.2, 0) is 20.7 Å². The van der Waals surface area contributed by atoms with Crippen LogP contribution in [0.5, 0.6) is 5.75 Å². The fourth-order valence-electron chi connectivity index (χ4n) is 5.56. The molecule has 1 aromatic heterocycles. The van der Waals surface area contributed by atoms with E-state index in [1.807, 2.05) is 41.4 Å². The number of aromatic amines is 1. The number of likely N-dealkylation sites (tertiary alicyclic amines) is 1. The van der Waals surface area contributed by atoms with Gasteiger partial charge in [0.25, 0.3) is 0 Å². The molecule has 0 radical (unpaired) electrons. The number of carbonyl (C=O) groups excluding carboxylic acids is 2. The zero-order chi connectivity index (χ0) is 22.6. The van der Waals surface area contributed by atoms with E-state index in [-0.39, 0.29) is 17.9 Å². The van der Waals surface area contributed by atoms with Crippen LogP contribution in [0.3, 0.4) is 0 Å². The van der Waals surface area contributed by atoms with Crippen molar-refractivity contribution in [1.82, 2.24) is 9.88 Å². The number of fused-ring (bicyclic) bond motifs is 2. The molecule has 168 valence electrons. The Kier molecular flexibility index (Phi) is 4.55. The maximum absolute atomic E-state index is 13.5. The number of benzene rings is 2. The predicted molar refractivity (Wildman–Crippen MR) is 124 cm³/mol. The van der Waals surface area contributed by atoms with E-state index in [2.05, 4.69) is 16.4 Å². The fraction of sp³-hybridized carbons (Fsp3) is 0.308. The maximum Gasteiger partial charge on any atom is 0.231 e. The molecule has 33 heavy (non-hydrogen) atoms. The number of carbonyl (C=O) groups is 2. The van der Waals surface area contributed by atoms with E-state index in [4.69, 9.17) is 9.47 Å². The SMILES string of the molecule is COc1ccc(NC(=O)[C@H]2[C@H]3C=C[C@@]4(CN(CCc5c[nH]c6ccccc56)C(=O)[C@@H]24)O3)cc1. The molecule has 2 aromatic carbocycles. The standard InChI is InChI=1S/C26H25N3O4/c1-32-18-8-6-17(7-9-18)28-24(30)22-21-10-12-26(33-21)15-29(25(31)23(22)26)13-11-16-14-27-20-5-3-2-4-19(16)20/h2-10,12,14,21-23,27H,11,13,15H2,1H3,(H,28,30)/t21-,22+,23-,26+/m1/s1. The average molecular weight is 444 g/mol. The van der Waals surface area contributed by atoms with Gasteiger partial charge in [0.2, 0.25) is 11.8 Å². The van der Waals surface area contributed by atoms with Gasteiger partial charge in [-0.2, -0.15) is 0 Å². The van der Waals surface area contributed by atoms with Crippen LogP contribution in [0.25, 0.3) is 10.9 Å². The molecule has 7 nitrogen and oxygen atoms in total. The number of ether oxygens (including phenoxy) is 2. The zero-order valence-corrected chi connectivity index (χ0v) is 18.3. The van der Waals surface area contributed by atoms with Crippen LogP contribution in [-0.4, -0.2) is 53.6 Å². The normalized spacial score (nSPS) is 27.4. The average Bonchev–Trinajstić information content (AvgIpc) is 3.58. The number of para-hydroxylation sites is 1. The van der Waals surface area contributed by atoms with Gasteiger partial charge in [-0.3, -0.25) is 9.59 Å². The molecule has 4 heterocycles. The molecule has 2 saturated heterocycles. The second kappa shape index (κ2) is 7.49. The highest BCUT2D eigenvalue weighted by Gasteiger charge is 2.66. The highest BCUT2D eigenvalue weighted by atomic mass is 16.5. The molecule has 2 bridgehead atoms. The number of rotatable bonds is 6. The quantitative estimate of drug-likeness (QED) is 0.574. The first kappa shape index (κ1) is 20.1. The molecule has 2 amide bonds. The van der Waals surface area contributed by atoms with E-state index in [0.29, 0.717) is 18.8 Å². The first-order valence-corrected chi connectivity index (χ1v) is 11.2. The molecule has 2 fully saturated rings. The first-order chi connectivity index (χ1) is 16.1. The van der Waals surface area contributed by atoms with Gasteiger partial charge in [0.1, 0.15) is 11.4 Å². The van der Waals surface area contributed by atoms with E-state index >= 15 is 0 Å². The number of anilines is 1. The highest BCUT2D eigenvalue weighted by Crippen LogP contribution is 2.52. The van der Waals surface area contributed by atoms with Crippen LogP contribution in [0.4, 0.5) is 5.69 Å². The van der Waals surface area contributed by atoms with Gasteiger partial charge in [-0.1, -0.05) is 30.4 Å². The Labute approximate surface area is 191 Å². The summed E-state index contributed by atoms with van der Waals surface area (Å²) >= 11 is 0. The minimum Gasteiger partial charge on any atom is -0.497 e. The lowest BCUT2D eigenvalue weighted by atomic mass is 9.77. The minimum absolute atomic E-state index is 0.00317. The molecule has 6 rings (SSSR count). The van der Waals surface area contributed by atoms with Crippen molar-refractivity contribution in [2.75, 3.05) is 25.5 Å². The molecule has 1 spiro atoms. The lowest BCUT2D eigenvalue weighted by molar-refractivity contribution is -0.135. The Hall–Kier alpha value is -3.58. The molecule has 3 aromatic rings. The smallest absolute Gasteiger partial charge is 0.231 e. The summed E-state index contributed by atoms with van der Waals surface area (Å²) in [5.41, 5.74) is 2.24. The van der Waals surface area contributed by atoms with Gasteiger partial charge >= 0.3 is 0 Å². The van der Waals surface area contributed by atoms with Gasteiger partial charge in [0.05, 0.1) is 31.6 Å². The van der Waals surface area contributed by atoms with Gasteiger partial charge in [-0.15, -0.1) is 0 Å². The van der Waals surface area contributed by atoms with Crippen molar-refractivity contribution in [3.8, 4) is 5.75 Å². The monoisotopic (exact) mass is 443 g/mol. The maximum atomic E-state index is 13.5. The molecular formula is C26H25N3O4. The zero-order valence-electron chi connectivity index (χ0n) is 18.3. The molecule has 3 aliphatic rings. The predicted octanol–water partition coefficient (Wildman–Crippen LogP) is 3.14. The summed E-state index contributed by atoms with van der Waals surface area (Å²) in [7, 11) is 1.60. The van der Waals surface area contributed by atoms with E-state index < -0.39 is 17.4 Å². The van der Waals surface area contributed by atoms with Crippen LogP contribution >= 0.6 is 0 Å². The molecule has 0 unspecified atom stereocenters. The molecule has 2 N–H and O–H groups in total. The molecule has 3 aliphatic heterocycles. The summed E-state index contributed by atoms with van der Waals surface area (Å²) in [5.74, 6) is -0.504. The van der Waals surface area contributed by atoms with Crippen molar-refractivity contribution in [2.24, 2.45) is 11.8 Å². The number of nitrogens with zero attached hydrogens (tertiary/aromatic N) is 1. The largest absolute Gasteiger partial charge is 0.497 e. The van der Waals surface area contributed by atoms with Gasteiger partial charge in [0, 0.05) is 29.3 Å². The third kappa shape index (κ3) is 3.15. The number of methoxy groups -OCH3 is 1. The number of amides is 2. The van der Waals surface area contributed by atoms with Gasteiger partial charge in [0.15, 0.2) is 0 Å². The van der Waals surface area contributed by atoms with Crippen molar-refractivity contribution in [3.63, 3.8) is 0 Å². The van der Waals surface area contributed by atoms with Crippen molar-refractivity contribution < 1.29 is 19.1 Å². The summed E-state index contributed by atoms with van der Waals surface area (Å²) in [4.78, 5) is 31.8.